The molecule has 0 atom stereocenters. The highest BCUT2D eigenvalue weighted by Crippen LogP contribution is 2.25. The van der Waals surface area contributed by atoms with Gasteiger partial charge < -0.3 is 14.8 Å². The fourth-order valence-electron chi connectivity index (χ4n) is 2.44. The highest BCUT2D eigenvalue weighted by atomic mass is 32.2. The van der Waals surface area contributed by atoms with E-state index in [2.05, 4.69) is 5.32 Å². The Kier molecular flexibility index (Phi) is 6.81. The summed E-state index contributed by atoms with van der Waals surface area (Å²) in [5.74, 6) is 1.42. The smallest absolute Gasteiger partial charge is 0.238 e. The Morgan fingerprint density at radius 3 is 2.48 bits per heavy atom. The van der Waals surface area contributed by atoms with E-state index in [0.717, 1.165) is 5.56 Å². The first-order chi connectivity index (χ1) is 11.9. The first kappa shape index (κ1) is 19.2. The maximum Gasteiger partial charge on any atom is 0.238 e. The SMILES string of the molecule is COc1ccccc1OCCNCCc1ccc(C)c(S(N)(=O)=O)c1. The number of aryl methyl sites for hydroxylation is 1. The number of primary sulfonamides is 1. The van der Waals surface area contributed by atoms with Crippen LogP contribution in [0.5, 0.6) is 11.5 Å². The largest absolute Gasteiger partial charge is 0.493 e. The molecule has 0 spiro atoms. The second-order valence-electron chi connectivity index (χ2n) is 5.64. The number of methoxy groups -OCH3 is 1. The number of nitrogens with one attached hydrogen (secondary N) is 1. The molecule has 0 aliphatic rings. The quantitative estimate of drug-likeness (QED) is 0.663. The van der Waals surface area contributed by atoms with Gasteiger partial charge in [0.2, 0.25) is 10.0 Å². The van der Waals surface area contributed by atoms with Crippen molar-refractivity contribution < 1.29 is 17.9 Å². The minimum absolute atomic E-state index is 0.185. The lowest BCUT2D eigenvalue weighted by Crippen LogP contribution is -2.23. The standard InChI is InChI=1S/C18H24N2O4S/c1-14-7-8-15(13-18(14)25(19,21)22)9-10-20-11-12-24-17-6-4-3-5-16(17)23-2/h3-8,13,20H,9-12H2,1-2H3,(H2,19,21,22). The zero-order valence-electron chi connectivity index (χ0n) is 14.5. The molecule has 25 heavy (non-hydrogen) atoms. The highest BCUT2D eigenvalue weighted by molar-refractivity contribution is 7.89. The molecule has 2 aromatic rings. The summed E-state index contributed by atoms with van der Waals surface area (Å²) in [5.41, 5.74) is 1.58. The van der Waals surface area contributed by atoms with Crippen molar-refractivity contribution in [3.63, 3.8) is 0 Å². The number of sulfonamides is 1. The van der Waals surface area contributed by atoms with Crippen LogP contribution in [0.1, 0.15) is 11.1 Å². The number of hydrogen-bond acceptors (Lipinski definition) is 5. The van der Waals surface area contributed by atoms with Gasteiger partial charge in [-0.25, -0.2) is 13.6 Å². The molecule has 0 saturated carbocycles. The molecule has 0 unspecified atom stereocenters. The van der Waals surface area contributed by atoms with Crippen molar-refractivity contribution in [1.82, 2.24) is 5.32 Å². The molecule has 0 aliphatic heterocycles. The van der Waals surface area contributed by atoms with Crippen LogP contribution >= 0.6 is 0 Å². The average molecular weight is 364 g/mol. The minimum Gasteiger partial charge on any atom is -0.493 e. The van der Waals surface area contributed by atoms with Crippen LogP contribution in [0.15, 0.2) is 47.4 Å². The Bertz CT molecular complexity index is 806. The third-order valence-electron chi connectivity index (χ3n) is 3.76. The first-order valence-electron chi connectivity index (χ1n) is 8.00. The van der Waals surface area contributed by atoms with Gasteiger partial charge in [0.05, 0.1) is 12.0 Å². The Labute approximate surface area is 149 Å². The van der Waals surface area contributed by atoms with Crippen LogP contribution < -0.4 is 19.9 Å². The Morgan fingerprint density at radius 1 is 1.08 bits per heavy atom. The molecule has 0 fully saturated rings. The molecule has 0 aliphatic carbocycles. The van der Waals surface area contributed by atoms with E-state index in [1.165, 1.54) is 0 Å². The maximum absolute atomic E-state index is 11.5. The van der Waals surface area contributed by atoms with Crippen molar-refractivity contribution in [2.24, 2.45) is 5.14 Å². The van der Waals surface area contributed by atoms with E-state index in [0.29, 0.717) is 43.2 Å². The van der Waals surface area contributed by atoms with E-state index in [9.17, 15) is 8.42 Å². The van der Waals surface area contributed by atoms with Gasteiger partial charge in [-0.15, -0.1) is 0 Å². The Balaban J connectivity index is 1.77. The predicted molar refractivity (Wildman–Crippen MR) is 97.6 cm³/mol. The average Bonchev–Trinajstić information content (AvgIpc) is 2.58. The van der Waals surface area contributed by atoms with Gasteiger partial charge in [-0.3, -0.25) is 0 Å². The molecule has 2 rings (SSSR count). The van der Waals surface area contributed by atoms with Crippen molar-refractivity contribution in [2.75, 3.05) is 26.8 Å². The summed E-state index contributed by atoms with van der Waals surface area (Å²) < 4.78 is 34.0. The highest BCUT2D eigenvalue weighted by Gasteiger charge is 2.11. The van der Waals surface area contributed by atoms with Gasteiger partial charge in [-0.2, -0.15) is 0 Å². The monoisotopic (exact) mass is 364 g/mol. The molecule has 3 N–H and O–H groups in total. The van der Waals surface area contributed by atoms with Gasteiger partial charge in [0.1, 0.15) is 6.61 Å². The number of para-hydroxylation sites is 2. The van der Waals surface area contributed by atoms with Gasteiger partial charge in [0, 0.05) is 6.54 Å². The fraction of sp³-hybridized carbons (Fsp3) is 0.333. The van der Waals surface area contributed by atoms with Crippen molar-refractivity contribution in [3.05, 3.63) is 53.6 Å². The van der Waals surface area contributed by atoms with Gasteiger partial charge in [0.15, 0.2) is 11.5 Å². The fourth-order valence-corrected chi connectivity index (χ4v) is 3.27. The zero-order chi connectivity index (χ0) is 18.3. The molecular formula is C18H24N2O4S. The topological polar surface area (TPSA) is 90.7 Å². The van der Waals surface area contributed by atoms with E-state index in [-0.39, 0.29) is 4.90 Å². The molecule has 0 amide bonds. The first-order valence-corrected chi connectivity index (χ1v) is 9.55. The third kappa shape index (κ3) is 5.74. The van der Waals surface area contributed by atoms with Gasteiger partial charge >= 0.3 is 0 Å². The molecule has 2 aromatic carbocycles. The summed E-state index contributed by atoms with van der Waals surface area (Å²) in [6.45, 7) is 3.63. The summed E-state index contributed by atoms with van der Waals surface area (Å²) >= 11 is 0. The number of ether oxygens (including phenoxy) is 2. The van der Waals surface area contributed by atoms with E-state index >= 15 is 0 Å². The van der Waals surface area contributed by atoms with Crippen molar-refractivity contribution in [1.29, 1.82) is 0 Å². The number of nitrogens with two attached hydrogens (primary N) is 1. The lowest BCUT2D eigenvalue weighted by atomic mass is 10.1. The van der Waals surface area contributed by atoms with E-state index in [4.69, 9.17) is 14.6 Å². The van der Waals surface area contributed by atoms with Crippen LogP contribution in [0.4, 0.5) is 0 Å². The van der Waals surface area contributed by atoms with Crippen molar-refractivity contribution >= 4 is 10.0 Å². The maximum atomic E-state index is 11.5. The molecule has 0 saturated heterocycles. The van der Waals surface area contributed by atoms with E-state index in [1.807, 2.05) is 30.3 Å². The Hall–Kier alpha value is -2.09. The third-order valence-corrected chi connectivity index (χ3v) is 4.81. The van der Waals surface area contributed by atoms with Crippen LogP contribution in [-0.4, -0.2) is 35.2 Å². The molecule has 136 valence electrons. The lowest BCUT2D eigenvalue weighted by Gasteiger charge is -2.11. The second-order valence-corrected chi connectivity index (χ2v) is 7.17. The lowest BCUT2D eigenvalue weighted by molar-refractivity contribution is 0.292. The van der Waals surface area contributed by atoms with Gasteiger partial charge in [0.25, 0.3) is 0 Å². The molecule has 0 bridgehead atoms. The number of benzene rings is 2. The van der Waals surface area contributed by atoms with Crippen LogP contribution in [0.2, 0.25) is 0 Å². The molecular weight excluding hydrogens is 340 g/mol. The molecule has 0 heterocycles. The minimum atomic E-state index is -3.68. The summed E-state index contributed by atoms with van der Waals surface area (Å²) in [5, 5.41) is 8.50. The summed E-state index contributed by atoms with van der Waals surface area (Å²) in [6.07, 6.45) is 0.706. The summed E-state index contributed by atoms with van der Waals surface area (Å²) in [4.78, 5) is 0.185. The molecule has 0 aromatic heterocycles. The van der Waals surface area contributed by atoms with E-state index < -0.39 is 10.0 Å². The van der Waals surface area contributed by atoms with Gasteiger partial charge in [-0.05, 0) is 49.2 Å². The summed E-state index contributed by atoms with van der Waals surface area (Å²) in [6, 6.07) is 12.8. The van der Waals surface area contributed by atoms with Crippen LogP contribution in [0, 0.1) is 6.92 Å². The normalized spacial score (nSPS) is 11.3. The zero-order valence-corrected chi connectivity index (χ0v) is 15.3. The van der Waals surface area contributed by atoms with Crippen LogP contribution in [-0.2, 0) is 16.4 Å². The van der Waals surface area contributed by atoms with Crippen LogP contribution in [0.3, 0.4) is 0 Å². The number of rotatable bonds is 9. The second kappa shape index (κ2) is 8.84. The number of hydrogen-bond donors (Lipinski definition) is 2. The van der Waals surface area contributed by atoms with Crippen LogP contribution in [0.25, 0.3) is 0 Å². The summed E-state index contributed by atoms with van der Waals surface area (Å²) in [7, 11) is -2.08. The molecule has 0 radical (unpaired) electrons. The van der Waals surface area contributed by atoms with E-state index in [1.54, 1.807) is 26.2 Å². The van der Waals surface area contributed by atoms with Gasteiger partial charge in [-0.1, -0.05) is 24.3 Å². The predicted octanol–water partition coefficient (Wildman–Crippen LogP) is 1.86. The molecule has 7 heteroatoms. The van der Waals surface area contributed by atoms with Crippen molar-refractivity contribution in [3.8, 4) is 11.5 Å². The molecule has 6 nitrogen and oxygen atoms in total. The Morgan fingerprint density at radius 2 is 1.80 bits per heavy atom. The van der Waals surface area contributed by atoms with Crippen molar-refractivity contribution in [2.45, 2.75) is 18.2 Å².